The highest BCUT2D eigenvalue weighted by molar-refractivity contribution is 6.03. The molecule has 0 bridgehead atoms. The summed E-state index contributed by atoms with van der Waals surface area (Å²) in [5.74, 6) is -2.70. The molecule has 36 heavy (non-hydrogen) atoms. The molecule has 9 nitrogen and oxygen atoms in total. The first-order valence-corrected chi connectivity index (χ1v) is 11.0. The van der Waals surface area contributed by atoms with Gasteiger partial charge in [0.15, 0.2) is 5.82 Å². The molecule has 1 atom stereocenters. The van der Waals surface area contributed by atoms with E-state index in [4.69, 9.17) is 4.74 Å². The van der Waals surface area contributed by atoms with E-state index in [1.807, 2.05) is 6.92 Å². The van der Waals surface area contributed by atoms with Crippen molar-refractivity contribution >= 4 is 17.6 Å². The second-order valence-electron chi connectivity index (χ2n) is 8.36. The first-order chi connectivity index (χ1) is 17.0. The first-order valence-electron chi connectivity index (χ1n) is 11.0. The molecule has 1 aliphatic rings. The predicted molar refractivity (Wildman–Crippen MR) is 117 cm³/mol. The van der Waals surface area contributed by atoms with Gasteiger partial charge in [0.25, 0.3) is 0 Å². The van der Waals surface area contributed by atoms with E-state index < -0.39 is 35.2 Å². The van der Waals surface area contributed by atoms with Crippen molar-refractivity contribution in [3.05, 3.63) is 53.3 Å². The minimum Gasteiger partial charge on any atom is -0.459 e. The van der Waals surface area contributed by atoms with Gasteiger partial charge in [-0.1, -0.05) is 13.0 Å². The molecule has 1 aliphatic carbocycles. The average molecular weight is 507 g/mol. The van der Waals surface area contributed by atoms with Gasteiger partial charge in [-0.3, -0.25) is 4.79 Å². The Labute approximate surface area is 202 Å². The summed E-state index contributed by atoms with van der Waals surface area (Å²) in [5, 5.41) is 16.1. The predicted octanol–water partition coefficient (Wildman–Crippen LogP) is 4.53. The van der Waals surface area contributed by atoms with Gasteiger partial charge in [-0.05, 0) is 60.9 Å². The SMILES string of the molecule is CCC(C)OC(=O)c1ccc(NC(=O)C2(c3ccc(OC(F)(F)F)cc3F)CC2)cc1-c1nnn[nH]1. The van der Waals surface area contributed by atoms with Crippen LogP contribution < -0.4 is 10.1 Å². The van der Waals surface area contributed by atoms with Gasteiger partial charge in [-0.15, -0.1) is 18.3 Å². The fraction of sp³-hybridized carbons (Fsp3) is 0.348. The molecule has 0 radical (unpaired) electrons. The second-order valence-corrected chi connectivity index (χ2v) is 8.36. The summed E-state index contributed by atoms with van der Waals surface area (Å²) < 4.78 is 61.1. The van der Waals surface area contributed by atoms with E-state index in [9.17, 15) is 27.2 Å². The number of esters is 1. The number of benzene rings is 2. The number of aromatic nitrogens is 4. The number of carbonyl (C=O) groups is 2. The number of nitrogens with one attached hydrogen (secondary N) is 2. The molecule has 1 unspecified atom stereocenters. The first kappa shape index (κ1) is 25.1. The Kier molecular flexibility index (Phi) is 6.65. The Hall–Kier alpha value is -4.03. The van der Waals surface area contributed by atoms with Crippen LogP contribution in [0.1, 0.15) is 49.0 Å². The maximum atomic E-state index is 14.7. The highest BCUT2D eigenvalue weighted by atomic mass is 19.4. The van der Waals surface area contributed by atoms with Crippen molar-refractivity contribution in [2.75, 3.05) is 5.32 Å². The standard InChI is InChI=1S/C23H21F4N5O4/c1-3-12(2)35-20(33)15-6-4-13(10-16(15)19-29-31-32-30-19)28-21(34)22(8-9-22)17-7-5-14(11-18(17)24)36-23(25,26)27/h4-7,10-12H,3,8-9H2,1-2H3,(H,28,34)(H,29,30,31,32). The average Bonchev–Trinajstić information content (AvgIpc) is 3.43. The van der Waals surface area contributed by atoms with Gasteiger partial charge < -0.3 is 14.8 Å². The topological polar surface area (TPSA) is 119 Å². The summed E-state index contributed by atoms with van der Waals surface area (Å²) in [6.45, 7) is 3.61. The molecule has 3 aromatic rings. The van der Waals surface area contributed by atoms with Crippen LogP contribution in [0.2, 0.25) is 0 Å². The third-order valence-corrected chi connectivity index (χ3v) is 5.86. The molecule has 0 spiro atoms. The zero-order valence-corrected chi connectivity index (χ0v) is 19.1. The Morgan fingerprint density at radius 1 is 1.19 bits per heavy atom. The number of halogens is 4. The number of ether oxygens (including phenoxy) is 2. The Balaban J connectivity index is 1.58. The number of rotatable bonds is 8. The lowest BCUT2D eigenvalue weighted by atomic mass is 9.94. The van der Waals surface area contributed by atoms with Gasteiger partial charge in [0.1, 0.15) is 11.6 Å². The van der Waals surface area contributed by atoms with Gasteiger partial charge in [-0.2, -0.15) is 0 Å². The van der Waals surface area contributed by atoms with E-state index in [1.165, 1.54) is 18.2 Å². The van der Waals surface area contributed by atoms with Gasteiger partial charge in [0.05, 0.1) is 17.1 Å². The Morgan fingerprint density at radius 2 is 1.94 bits per heavy atom. The fourth-order valence-electron chi connectivity index (χ4n) is 3.67. The van der Waals surface area contributed by atoms with Crippen LogP contribution in [0.25, 0.3) is 11.4 Å². The molecule has 1 amide bonds. The van der Waals surface area contributed by atoms with E-state index in [-0.39, 0.29) is 34.3 Å². The van der Waals surface area contributed by atoms with Gasteiger partial charge >= 0.3 is 12.3 Å². The molecular formula is C23H21F4N5O4. The Bertz CT molecular complexity index is 1280. The second kappa shape index (κ2) is 9.55. The van der Waals surface area contributed by atoms with Gasteiger partial charge in [0.2, 0.25) is 5.91 Å². The van der Waals surface area contributed by atoms with E-state index in [0.717, 1.165) is 12.1 Å². The van der Waals surface area contributed by atoms with E-state index in [2.05, 4.69) is 30.7 Å². The zero-order chi connectivity index (χ0) is 26.1. The van der Waals surface area contributed by atoms with Crippen molar-refractivity contribution in [1.82, 2.24) is 20.6 Å². The van der Waals surface area contributed by atoms with E-state index >= 15 is 0 Å². The lowest BCUT2D eigenvalue weighted by Crippen LogP contribution is -2.29. The Morgan fingerprint density at radius 3 is 2.53 bits per heavy atom. The van der Waals surface area contributed by atoms with Crippen molar-refractivity contribution in [2.24, 2.45) is 0 Å². The summed E-state index contributed by atoms with van der Waals surface area (Å²) >= 11 is 0. The van der Waals surface area contributed by atoms with Gasteiger partial charge in [0, 0.05) is 22.9 Å². The lowest BCUT2D eigenvalue weighted by molar-refractivity contribution is -0.274. The molecule has 0 aliphatic heterocycles. The largest absolute Gasteiger partial charge is 0.573 e. The number of amides is 1. The minimum atomic E-state index is -4.97. The van der Waals surface area contributed by atoms with E-state index in [0.29, 0.717) is 25.3 Å². The van der Waals surface area contributed by atoms with E-state index in [1.54, 1.807) is 6.92 Å². The van der Waals surface area contributed by atoms with Crippen LogP contribution in [0.5, 0.6) is 5.75 Å². The third-order valence-electron chi connectivity index (χ3n) is 5.86. The van der Waals surface area contributed by atoms with Crippen molar-refractivity contribution < 1.29 is 36.6 Å². The smallest absolute Gasteiger partial charge is 0.459 e. The summed E-state index contributed by atoms with van der Waals surface area (Å²) in [4.78, 5) is 25.8. The summed E-state index contributed by atoms with van der Waals surface area (Å²) in [6, 6.07) is 7.07. The number of nitrogens with zero attached hydrogens (tertiary/aromatic N) is 3. The lowest BCUT2D eigenvalue weighted by Gasteiger charge is -2.18. The van der Waals surface area contributed by atoms with Crippen LogP contribution in [-0.2, 0) is 14.9 Å². The molecule has 0 saturated heterocycles. The van der Waals surface area contributed by atoms with Crippen LogP contribution in [0.3, 0.4) is 0 Å². The van der Waals surface area contributed by atoms with Crippen LogP contribution >= 0.6 is 0 Å². The van der Waals surface area contributed by atoms with Crippen LogP contribution in [0.15, 0.2) is 36.4 Å². The van der Waals surface area contributed by atoms with Crippen molar-refractivity contribution in [3.8, 4) is 17.1 Å². The van der Waals surface area contributed by atoms with Crippen LogP contribution in [-0.4, -0.2) is 45.0 Å². The molecule has 1 heterocycles. The van der Waals surface area contributed by atoms with Crippen molar-refractivity contribution in [1.29, 1.82) is 0 Å². The minimum absolute atomic E-state index is 0.0390. The molecule has 4 rings (SSSR count). The number of H-pyrrole nitrogens is 1. The number of hydrogen-bond donors (Lipinski definition) is 2. The highest BCUT2D eigenvalue weighted by Gasteiger charge is 2.53. The third kappa shape index (κ3) is 5.29. The normalized spacial score (nSPS) is 15.2. The zero-order valence-electron chi connectivity index (χ0n) is 19.1. The van der Waals surface area contributed by atoms with Crippen molar-refractivity contribution in [2.45, 2.75) is 51.0 Å². The monoisotopic (exact) mass is 507 g/mol. The fourth-order valence-corrected chi connectivity index (χ4v) is 3.67. The molecule has 1 fully saturated rings. The van der Waals surface area contributed by atoms with Gasteiger partial charge in [-0.25, -0.2) is 14.3 Å². The number of aromatic amines is 1. The number of alkyl halides is 3. The molecule has 1 aromatic heterocycles. The number of carbonyl (C=O) groups excluding carboxylic acids is 2. The summed E-state index contributed by atoms with van der Waals surface area (Å²) in [6.07, 6.45) is -4.08. The molecular weight excluding hydrogens is 486 g/mol. The van der Waals surface area contributed by atoms with Crippen LogP contribution in [0, 0.1) is 5.82 Å². The maximum Gasteiger partial charge on any atom is 0.573 e. The molecule has 190 valence electrons. The number of hydrogen-bond acceptors (Lipinski definition) is 7. The van der Waals surface area contributed by atoms with Crippen molar-refractivity contribution in [3.63, 3.8) is 0 Å². The number of anilines is 1. The summed E-state index contributed by atoms with van der Waals surface area (Å²) in [7, 11) is 0. The highest BCUT2D eigenvalue weighted by Crippen LogP contribution is 2.50. The number of tetrazole rings is 1. The van der Waals surface area contributed by atoms with Crippen LogP contribution in [0.4, 0.5) is 23.2 Å². The molecule has 2 N–H and O–H groups in total. The molecule has 13 heteroatoms. The summed E-state index contributed by atoms with van der Waals surface area (Å²) in [5.41, 5.74) is -0.573. The molecule has 1 saturated carbocycles. The quantitative estimate of drug-likeness (QED) is 0.340. The maximum absolute atomic E-state index is 14.7. The molecule has 2 aromatic carbocycles.